The van der Waals surface area contributed by atoms with Gasteiger partial charge in [-0.05, 0) is 48.0 Å². The molecule has 0 bridgehead atoms. The Labute approximate surface area is 181 Å². The van der Waals surface area contributed by atoms with Crippen molar-refractivity contribution in [1.82, 2.24) is 25.2 Å². The van der Waals surface area contributed by atoms with Crippen molar-refractivity contribution in [2.24, 2.45) is 0 Å². The van der Waals surface area contributed by atoms with Gasteiger partial charge < -0.3 is 4.74 Å². The van der Waals surface area contributed by atoms with E-state index in [-0.39, 0.29) is 18.3 Å². The van der Waals surface area contributed by atoms with Crippen LogP contribution in [0.3, 0.4) is 0 Å². The molecule has 0 unspecified atom stereocenters. The summed E-state index contributed by atoms with van der Waals surface area (Å²) < 4.78 is 18.9. The van der Waals surface area contributed by atoms with Gasteiger partial charge in [-0.3, -0.25) is 9.69 Å². The lowest BCUT2D eigenvalue weighted by Gasteiger charge is -2.20. The van der Waals surface area contributed by atoms with Crippen molar-refractivity contribution in [2.45, 2.75) is 20.4 Å². The second-order valence-corrected chi connectivity index (χ2v) is 7.59. The summed E-state index contributed by atoms with van der Waals surface area (Å²) in [6.07, 6.45) is 0. The summed E-state index contributed by atoms with van der Waals surface area (Å²) in [6, 6.07) is 11.9. The van der Waals surface area contributed by atoms with E-state index in [2.05, 4.69) is 20.4 Å². The lowest BCUT2D eigenvalue weighted by molar-refractivity contribution is -0.115. The summed E-state index contributed by atoms with van der Waals surface area (Å²) in [5.74, 6) is 0.513. The fourth-order valence-electron chi connectivity index (χ4n) is 3.05. The third kappa shape index (κ3) is 4.29. The Bertz CT molecular complexity index is 1240. The Morgan fingerprint density at radius 2 is 2.06 bits per heavy atom. The van der Waals surface area contributed by atoms with Gasteiger partial charge in [0.05, 0.1) is 18.5 Å². The molecule has 0 saturated heterocycles. The second-order valence-electron chi connectivity index (χ2n) is 6.76. The van der Waals surface area contributed by atoms with Crippen LogP contribution in [0.2, 0.25) is 0 Å². The van der Waals surface area contributed by atoms with Crippen LogP contribution in [0, 0.1) is 12.7 Å². The normalized spacial score (nSPS) is 10.8. The van der Waals surface area contributed by atoms with Gasteiger partial charge in [-0.15, -0.1) is 21.5 Å². The minimum atomic E-state index is -0.281. The number of rotatable bonds is 6. The average molecular weight is 438 g/mol. The molecule has 158 valence electrons. The van der Waals surface area contributed by atoms with Gasteiger partial charge >= 0.3 is 0 Å². The lowest BCUT2D eigenvalue weighted by Crippen LogP contribution is -2.23. The number of methoxy groups -OCH3 is 1. The molecular formula is C21H19FN6O2S. The second kappa shape index (κ2) is 8.60. The molecule has 0 aliphatic heterocycles. The molecule has 0 aliphatic carbocycles. The van der Waals surface area contributed by atoms with Gasteiger partial charge in [0.2, 0.25) is 11.7 Å². The monoisotopic (exact) mass is 438 g/mol. The molecule has 8 nitrogen and oxygen atoms in total. The van der Waals surface area contributed by atoms with Crippen LogP contribution >= 0.6 is 11.3 Å². The molecular weight excluding hydrogens is 419 g/mol. The minimum absolute atomic E-state index is 0.182. The molecule has 0 saturated carbocycles. The SMILES string of the molecule is COc1ccccc1N(C(C)=O)c1nc(Cn2nnc(-c3ccc(F)c(C)c3)n2)cs1. The van der Waals surface area contributed by atoms with Crippen LogP contribution in [0.25, 0.3) is 11.4 Å². The maximum Gasteiger partial charge on any atom is 0.230 e. The number of aryl methyl sites for hydroxylation is 1. The minimum Gasteiger partial charge on any atom is -0.495 e. The van der Waals surface area contributed by atoms with Crippen molar-refractivity contribution in [3.8, 4) is 17.1 Å². The van der Waals surface area contributed by atoms with E-state index >= 15 is 0 Å². The fraction of sp³-hybridized carbons (Fsp3) is 0.190. The topological polar surface area (TPSA) is 86.0 Å². The summed E-state index contributed by atoms with van der Waals surface area (Å²) in [4.78, 5) is 19.9. The van der Waals surface area contributed by atoms with Crippen molar-refractivity contribution in [1.29, 1.82) is 0 Å². The van der Waals surface area contributed by atoms with Gasteiger partial charge in [0, 0.05) is 17.9 Å². The predicted octanol–water partition coefficient (Wildman–Crippen LogP) is 3.99. The largest absolute Gasteiger partial charge is 0.495 e. The van der Waals surface area contributed by atoms with E-state index in [1.54, 1.807) is 38.3 Å². The average Bonchev–Trinajstić information content (AvgIpc) is 3.41. The van der Waals surface area contributed by atoms with E-state index in [1.807, 2.05) is 17.5 Å². The highest BCUT2D eigenvalue weighted by molar-refractivity contribution is 7.14. The molecule has 4 rings (SSSR count). The van der Waals surface area contributed by atoms with Crippen LogP contribution in [0.5, 0.6) is 5.75 Å². The zero-order valence-corrected chi connectivity index (χ0v) is 17.9. The molecule has 2 aromatic carbocycles. The highest BCUT2D eigenvalue weighted by atomic mass is 32.1. The number of anilines is 2. The third-order valence-electron chi connectivity index (χ3n) is 4.54. The standard InChI is InChI=1S/C21H19FN6O2S/c1-13-10-15(8-9-17(13)22)20-24-26-27(25-20)11-16-12-31-21(23-16)28(14(2)29)18-6-4-5-7-19(18)30-3/h4-10,12H,11H2,1-3H3. The predicted molar refractivity (Wildman–Crippen MR) is 115 cm³/mol. The van der Waals surface area contributed by atoms with Gasteiger partial charge in [0.25, 0.3) is 0 Å². The van der Waals surface area contributed by atoms with Crippen LogP contribution in [-0.2, 0) is 11.3 Å². The number of halogens is 1. The van der Waals surface area contributed by atoms with Gasteiger partial charge in [-0.1, -0.05) is 12.1 Å². The number of para-hydroxylation sites is 2. The molecule has 0 spiro atoms. The quantitative estimate of drug-likeness (QED) is 0.453. The molecule has 10 heteroatoms. The van der Waals surface area contributed by atoms with E-state index in [9.17, 15) is 9.18 Å². The first-order chi connectivity index (χ1) is 15.0. The number of aromatic nitrogens is 5. The molecule has 0 radical (unpaired) electrons. The maximum atomic E-state index is 13.5. The van der Waals surface area contributed by atoms with Crippen LogP contribution in [0.1, 0.15) is 18.2 Å². The van der Waals surface area contributed by atoms with Crippen molar-refractivity contribution in [3.63, 3.8) is 0 Å². The van der Waals surface area contributed by atoms with Crippen LogP contribution in [0.4, 0.5) is 15.2 Å². The van der Waals surface area contributed by atoms with E-state index in [0.717, 1.165) is 0 Å². The molecule has 0 aliphatic rings. The molecule has 0 fully saturated rings. The number of amides is 1. The zero-order chi connectivity index (χ0) is 22.0. The molecule has 4 aromatic rings. The molecule has 2 aromatic heterocycles. The van der Waals surface area contributed by atoms with Crippen molar-refractivity contribution >= 4 is 28.1 Å². The summed E-state index contributed by atoms with van der Waals surface area (Å²) in [5, 5.41) is 14.8. The molecule has 1 amide bonds. The first kappa shape index (κ1) is 20.6. The summed E-state index contributed by atoms with van der Waals surface area (Å²) in [7, 11) is 1.56. The summed E-state index contributed by atoms with van der Waals surface area (Å²) in [5.41, 5.74) is 2.49. The molecule has 2 heterocycles. The van der Waals surface area contributed by atoms with Gasteiger partial charge in [0.15, 0.2) is 5.13 Å². The highest BCUT2D eigenvalue weighted by Crippen LogP contribution is 2.35. The van der Waals surface area contributed by atoms with E-state index < -0.39 is 0 Å². The van der Waals surface area contributed by atoms with Gasteiger partial charge in [0.1, 0.15) is 18.1 Å². The Morgan fingerprint density at radius 1 is 1.26 bits per heavy atom. The number of nitrogens with zero attached hydrogens (tertiary/aromatic N) is 6. The molecule has 31 heavy (non-hydrogen) atoms. The van der Waals surface area contributed by atoms with E-state index in [1.165, 1.54) is 34.0 Å². The van der Waals surface area contributed by atoms with E-state index in [4.69, 9.17) is 4.74 Å². The van der Waals surface area contributed by atoms with E-state index in [0.29, 0.717) is 39.2 Å². The van der Waals surface area contributed by atoms with Crippen LogP contribution < -0.4 is 9.64 Å². The lowest BCUT2D eigenvalue weighted by atomic mass is 10.1. The fourth-order valence-corrected chi connectivity index (χ4v) is 3.92. The van der Waals surface area contributed by atoms with Crippen LogP contribution in [-0.4, -0.2) is 38.2 Å². The number of carbonyl (C=O) groups is 1. The van der Waals surface area contributed by atoms with Gasteiger partial charge in [-0.25, -0.2) is 9.37 Å². The number of thiazole rings is 1. The number of hydrogen-bond acceptors (Lipinski definition) is 7. The number of benzene rings is 2. The Kier molecular flexibility index (Phi) is 5.72. The summed E-state index contributed by atoms with van der Waals surface area (Å²) >= 11 is 1.33. The van der Waals surface area contributed by atoms with Crippen molar-refractivity contribution < 1.29 is 13.9 Å². The number of carbonyl (C=O) groups excluding carboxylic acids is 1. The highest BCUT2D eigenvalue weighted by Gasteiger charge is 2.21. The van der Waals surface area contributed by atoms with Crippen LogP contribution in [0.15, 0.2) is 47.8 Å². The maximum absolute atomic E-state index is 13.5. The van der Waals surface area contributed by atoms with Gasteiger partial charge in [-0.2, -0.15) is 4.80 Å². The number of tetrazole rings is 1. The Morgan fingerprint density at radius 3 is 2.81 bits per heavy atom. The smallest absolute Gasteiger partial charge is 0.230 e. The Balaban J connectivity index is 1.57. The van der Waals surface area contributed by atoms with Crippen molar-refractivity contribution in [3.05, 3.63) is 64.9 Å². The summed E-state index contributed by atoms with van der Waals surface area (Å²) in [6.45, 7) is 3.44. The first-order valence-electron chi connectivity index (χ1n) is 9.38. The molecule has 0 atom stereocenters. The van der Waals surface area contributed by atoms with Crippen molar-refractivity contribution in [2.75, 3.05) is 12.0 Å². The third-order valence-corrected chi connectivity index (χ3v) is 5.42. The first-order valence-corrected chi connectivity index (χ1v) is 10.3. The number of ether oxygens (including phenoxy) is 1. The molecule has 0 N–H and O–H groups in total. The Hall–Kier alpha value is -3.66. The number of hydrogen-bond donors (Lipinski definition) is 0. The zero-order valence-electron chi connectivity index (χ0n) is 17.1.